The van der Waals surface area contributed by atoms with Gasteiger partial charge in [0.15, 0.2) is 0 Å². The van der Waals surface area contributed by atoms with E-state index < -0.39 is 5.91 Å². The van der Waals surface area contributed by atoms with Crippen molar-refractivity contribution < 1.29 is 10.0 Å². The lowest BCUT2D eigenvalue weighted by atomic mass is 10.2. The van der Waals surface area contributed by atoms with Crippen molar-refractivity contribution in [1.29, 1.82) is 0 Å². The minimum atomic E-state index is -0.691. The van der Waals surface area contributed by atoms with Crippen molar-refractivity contribution >= 4 is 34.8 Å². The molecule has 0 fully saturated rings. The second-order valence-corrected chi connectivity index (χ2v) is 3.11. The van der Waals surface area contributed by atoms with E-state index in [9.17, 15) is 4.79 Å². The number of benzene rings is 1. The highest BCUT2D eigenvalue weighted by atomic mass is 35.5. The van der Waals surface area contributed by atoms with E-state index in [1.807, 2.05) is 0 Å². The molecule has 4 nitrogen and oxygen atoms in total. The van der Waals surface area contributed by atoms with Crippen LogP contribution in [0.4, 0.5) is 5.69 Å². The normalized spacial score (nSPS) is 9.77. The Morgan fingerprint density at radius 1 is 1.38 bits per heavy atom. The molecular weight excluding hydrogens is 215 g/mol. The molecule has 1 amide bonds. The van der Waals surface area contributed by atoms with Gasteiger partial charge in [0.1, 0.15) is 0 Å². The highest BCUT2D eigenvalue weighted by Crippen LogP contribution is 2.28. The highest BCUT2D eigenvalue weighted by molar-refractivity contribution is 6.39. The Balaban J connectivity index is 3.20. The fourth-order valence-corrected chi connectivity index (χ4v) is 1.27. The van der Waals surface area contributed by atoms with Crippen LogP contribution in [-0.4, -0.2) is 11.1 Å². The fourth-order valence-electron chi connectivity index (χ4n) is 0.780. The van der Waals surface area contributed by atoms with Crippen molar-refractivity contribution in [2.45, 2.75) is 0 Å². The summed E-state index contributed by atoms with van der Waals surface area (Å²) in [4.78, 5) is 10.9. The summed E-state index contributed by atoms with van der Waals surface area (Å²) in [6.07, 6.45) is 0. The fraction of sp³-hybridized carbons (Fsp3) is 0. The molecule has 70 valence electrons. The van der Waals surface area contributed by atoms with Gasteiger partial charge in [0.25, 0.3) is 5.91 Å². The summed E-state index contributed by atoms with van der Waals surface area (Å²) in [5.74, 6) is -0.691. The predicted molar refractivity (Wildman–Crippen MR) is 50.1 cm³/mol. The van der Waals surface area contributed by atoms with Gasteiger partial charge < -0.3 is 5.73 Å². The summed E-state index contributed by atoms with van der Waals surface area (Å²) < 4.78 is 0. The van der Waals surface area contributed by atoms with Crippen LogP contribution in [0.1, 0.15) is 10.4 Å². The summed E-state index contributed by atoms with van der Waals surface area (Å²) in [5, 5.41) is 8.67. The van der Waals surface area contributed by atoms with Crippen molar-refractivity contribution in [3.63, 3.8) is 0 Å². The number of nitrogens with one attached hydrogen (secondary N) is 1. The molecule has 1 aromatic carbocycles. The standard InChI is InChI=1S/C7H6Cl2N2O2/c8-4-1-3(7(12)11-13)2-5(9)6(4)10/h1-2,13H,10H2,(H,11,12). The van der Waals surface area contributed by atoms with Crippen LogP contribution in [0.15, 0.2) is 12.1 Å². The second-order valence-electron chi connectivity index (χ2n) is 2.29. The van der Waals surface area contributed by atoms with Crippen molar-refractivity contribution in [2.75, 3.05) is 5.73 Å². The smallest absolute Gasteiger partial charge is 0.274 e. The van der Waals surface area contributed by atoms with E-state index in [-0.39, 0.29) is 21.3 Å². The molecule has 0 heterocycles. The van der Waals surface area contributed by atoms with Gasteiger partial charge in [-0.3, -0.25) is 10.0 Å². The maximum Gasteiger partial charge on any atom is 0.274 e. The largest absolute Gasteiger partial charge is 0.396 e. The van der Waals surface area contributed by atoms with Gasteiger partial charge >= 0.3 is 0 Å². The van der Waals surface area contributed by atoms with Crippen LogP contribution < -0.4 is 11.2 Å². The zero-order valence-electron chi connectivity index (χ0n) is 6.34. The second kappa shape index (κ2) is 3.83. The van der Waals surface area contributed by atoms with E-state index in [0.29, 0.717) is 0 Å². The van der Waals surface area contributed by atoms with Gasteiger partial charge in [-0.25, -0.2) is 5.48 Å². The molecule has 1 aromatic rings. The number of nitrogen functional groups attached to an aromatic ring is 1. The van der Waals surface area contributed by atoms with E-state index in [2.05, 4.69) is 0 Å². The number of carbonyl (C=O) groups is 1. The average molecular weight is 221 g/mol. The van der Waals surface area contributed by atoms with Crippen molar-refractivity contribution in [1.82, 2.24) is 5.48 Å². The lowest BCUT2D eigenvalue weighted by Gasteiger charge is -2.04. The molecule has 0 unspecified atom stereocenters. The van der Waals surface area contributed by atoms with Gasteiger partial charge in [-0.2, -0.15) is 0 Å². The van der Waals surface area contributed by atoms with Gasteiger partial charge in [0.2, 0.25) is 0 Å². The Morgan fingerprint density at radius 2 is 1.85 bits per heavy atom. The van der Waals surface area contributed by atoms with E-state index in [4.69, 9.17) is 34.1 Å². The monoisotopic (exact) mass is 220 g/mol. The number of hydrogen-bond acceptors (Lipinski definition) is 3. The molecule has 0 bridgehead atoms. The maximum atomic E-state index is 10.9. The minimum Gasteiger partial charge on any atom is -0.396 e. The van der Waals surface area contributed by atoms with Crippen LogP contribution in [0.25, 0.3) is 0 Å². The molecule has 6 heteroatoms. The Labute approximate surface area is 84.2 Å². The van der Waals surface area contributed by atoms with Crippen LogP contribution in [0.5, 0.6) is 0 Å². The third kappa shape index (κ3) is 2.03. The first kappa shape index (κ1) is 10.1. The third-order valence-corrected chi connectivity index (χ3v) is 2.07. The minimum absolute atomic E-state index is 0.145. The van der Waals surface area contributed by atoms with Crippen molar-refractivity contribution in [2.24, 2.45) is 0 Å². The number of hydroxylamine groups is 1. The van der Waals surface area contributed by atoms with Crippen LogP contribution in [0, 0.1) is 0 Å². The molecule has 0 saturated heterocycles. The highest BCUT2D eigenvalue weighted by Gasteiger charge is 2.09. The Bertz CT molecular complexity index is 331. The summed E-state index contributed by atoms with van der Waals surface area (Å²) >= 11 is 11.3. The SMILES string of the molecule is Nc1c(Cl)cc(C(=O)NO)cc1Cl. The van der Waals surface area contributed by atoms with E-state index >= 15 is 0 Å². The van der Waals surface area contributed by atoms with Gasteiger partial charge in [-0.05, 0) is 12.1 Å². The number of hydrogen-bond donors (Lipinski definition) is 3. The molecule has 0 saturated carbocycles. The topological polar surface area (TPSA) is 75.4 Å². The van der Waals surface area contributed by atoms with Crippen molar-refractivity contribution in [3.8, 4) is 0 Å². The van der Waals surface area contributed by atoms with Crippen molar-refractivity contribution in [3.05, 3.63) is 27.7 Å². The zero-order chi connectivity index (χ0) is 10.0. The number of rotatable bonds is 1. The molecule has 0 aromatic heterocycles. The van der Waals surface area contributed by atoms with Crippen LogP contribution in [-0.2, 0) is 0 Å². The molecule has 0 spiro atoms. The zero-order valence-corrected chi connectivity index (χ0v) is 7.86. The quantitative estimate of drug-likeness (QED) is 0.383. The molecule has 13 heavy (non-hydrogen) atoms. The number of nitrogens with two attached hydrogens (primary N) is 1. The maximum absolute atomic E-state index is 10.9. The van der Waals surface area contributed by atoms with Crippen LogP contribution >= 0.6 is 23.2 Å². The van der Waals surface area contributed by atoms with Gasteiger partial charge in [0, 0.05) is 5.56 Å². The Kier molecular flexibility index (Phi) is 2.98. The lowest BCUT2D eigenvalue weighted by Crippen LogP contribution is -2.18. The molecule has 0 aliphatic rings. The first-order valence-electron chi connectivity index (χ1n) is 3.25. The van der Waals surface area contributed by atoms with E-state index in [1.54, 1.807) is 0 Å². The average Bonchev–Trinajstić information content (AvgIpc) is 2.12. The molecule has 0 aliphatic carbocycles. The van der Waals surface area contributed by atoms with Gasteiger partial charge in [-0.1, -0.05) is 23.2 Å². The third-order valence-electron chi connectivity index (χ3n) is 1.44. The number of anilines is 1. The number of halogens is 2. The molecule has 0 radical (unpaired) electrons. The first-order chi connectivity index (χ1) is 6.06. The van der Waals surface area contributed by atoms with E-state index in [0.717, 1.165) is 0 Å². The summed E-state index contributed by atoms with van der Waals surface area (Å²) in [6.45, 7) is 0. The van der Waals surface area contributed by atoms with Gasteiger partial charge in [0.05, 0.1) is 15.7 Å². The van der Waals surface area contributed by atoms with E-state index in [1.165, 1.54) is 17.6 Å². The first-order valence-corrected chi connectivity index (χ1v) is 4.01. The molecular formula is C7H6Cl2N2O2. The molecule has 0 atom stereocenters. The molecule has 1 rings (SSSR count). The Hall–Kier alpha value is -0.970. The summed E-state index contributed by atoms with van der Waals surface area (Å²) in [7, 11) is 0. The lowest BCUT2D eigenvalue weighted by molar-refractivity contribution is 0.0706. The number of amides is 1. The summed E-state index contributed by atoms with van der Waals surface area (Å²) in [6, 6.07) is 2.63. The number of carbonyl (C=O) groups excluding carboxylic acids is 1. The predicted octanol–water partition coefficient (Wildman–Crippen LogP) is 1.69. The van der Waals surface area contributed by atoms with Gasteiger partial charge in [-0.15, -0.1) is 0 Å². The van der Waals surface area contributed by atoms with Crippen LogP contribution in [0.3, 0.4) is 0 Å². The van der Waals surface area contributed by atoms with Crippen LogP contribution in [0.2, 0.25) is 10.0 Å². The Morgan fingerprint density at radius 3 is 2.23 bits per heavy atom. The molecule has 0 aliphatic heterocycles. The molecule has 4 N–H and O–H groups in total. The summed E-state index contributed by atoms with van der Waals surface area (Å²) in [5.41, 5.74) is 7.24.